The summed E-state index contributed by atoms with van der Waals surface area (Å²) in [6.07, 6.45) is 4.98. The molecule has 0 amide bonds. The number of aromatic amines is 1. The molecule has 0 aliphatic carbocycles. The lowest BCUT2D eigenvalue weighted by molar-refractivity contribution is 0.331. The van der Waals surface area contributed by atoms with Crippen LogP contribution in [0.1, 0.15) is 29.8 Å². The number of aliphatic imine (C=N–C) groups is 1. The third-order valence-electron chi connectivity index (χ3n) is 5.24. The van der Waals surface area contributed by atoms with E-state index in [1.54, 1.807) is 13.3 Å². The highest BCUT2D eigenvalue weighted by molar-refractivity contribution is 14.0. The van der Waals surface area contributed by atoms with E-state index < -0.39 is 0 Å². The minimum Gasteiger partial charge on any atom is -0.461 e. The first kappa shape index (κ1) is 23.3. The van der Waals surface area contributed by atoms with Crippen LogP contribution in [-0.2, 0) is 19.5 Å². The lowest BCUT2D eigenvalue weighted by Crippen LogP contribution is -2.37. The van der Waals surface area contributed by atoms with Crippen molar-refractivity contribution in [1.29, 1.82) is 0 Å². The highest BCUT2D eigenvalue weighted by Crippen LogP contribution is 2.15. The number of aromatic nitrogens is 3. The van der Waals surface area contributed by atoms with Crippen LogP contribution in [0, 0.1) is 0 Å². The largest absolute Gasteiger partial charge is 0.461 e. The summed E-state index contributed by atoms with van der Waals surface area (Å²) in [4.78, 5) is 11.3. The number of likely N-dealkylation sites (tertiary alicyclic amines) is 1. The van der Waals surface area contributed by atoms with E-state index in [9.17, 15) is 0 Å². The summed E-state index contributed by atoms with van der Waals surface area (Å²) in [6, 6.07) is 12.5. The minimum atomic E-state index is 0. The van der Waals surface area contributed by atoms with Gasteiger partial charge in [0.1, 0.15) is 5.82 Å². The van der Waals surface area contributed by atoms with Gasteiger partial charge in [-0.2, -0.15) is 5.10 Å². The van der Waals surface area contributed by atoms with E-state index in [2.05, 4.69) is 60.0 Å². The summed E-state index contributed by atoms with van der Waals surface area (Å²) >= 11 is 0. The van der Waals surface area contributed by atoms with E-state index in [1.165, 1.54) is 37.1 Å². The first-order chi connectivity index (χ1) is 14.8. The second kappa shape index (κ2) is 11.8. The second-order valence-corrected chi connectivity index (χ2v) is 7.49. The summed E-state index contributed by atoms with van der Waals surface area (Å²) < 4.78 is 5.32. The Bertz CT molecular complexity index is 931. The number of nitrogens with one attached hydrogen (secondary N) is 3. The molecule has 1 fully saturated rings. The van der Waals surface area contributed by atoms with Crippen LogP contribution < -0.4 is 10.6 Å². The number of rotatable bonds is 8. The molecule has 0 radical (unpaired) electrons. The molecule has 0 saturated carbocycles. The lowest BCUT2D eigenvalue weighted by Gasteiger charge is -2.15. The molecule has 3 heterocycles. The quantitative estimate of drug-likeness (QED) is 0.233. The van der Waals surface area contributed by atoms with Gasteiger partial charge in [0.2, 0.25) is 5.82 Å². The molecule has 31 heavy (non-hydrogen) atoms. The van der Waals surface area contributed by atoms with Crippen molar-refractivity contribution >= 4 is 29.9 Å². The Hall–Kier alpha value is -2.40. The van der Waals surface area contributed by atoms with Crippen molar-refractivity contribution in [3.8, 4) is 11.6 Å². The molecule has 3 aromatic rings. The fourth-order valence-corrected chi connectivity index (χ4v) is 3.59. The molecule has 1 aromatic carbocycles. The maximum Gasteiger partial charge on any atom is 0.216 e. The van der Waals surface area contributed by atoms with E-state index in [0.717, 1.165) is 24.9 Å². The zero-order chi connectivity index (χ0) is 20.6. The van der Waals surface area contributed by atoms with E-state index in [0.29, 0.717) is 24.6 Å². The number of hydrogen-bond donors (Lipinski definition) is 3. The lowest BCUT2D eigenvalue weighted by atomic mass is 10.1. The maximum atomic E-state index is 5.32. The van der Waals surface area contributed by atoms with E-state index >= 15 is 0 Å². The van der Waals surface area contributed by atoms with Gasteiger partial charge in [0.15, 0.2) is 11.7 Å². The Balaban J connectivity index is 0.00000272. The summed E-state index contributed by atoms with van der Waals surface area (Å²) in [6.45, 7) is 4.93. The van der Waals surface area contributed by atoms with Gasteiger partial charge in [-0.25, -0.2) is 4.98 Å². The molecule has 0 atom stereocenters. The van der Waals surface area contributed by atoms with Crippen molar-refractivity contribution < 1.29 is 4.42 Å². The molecule has 8 nitrogen and oxygen atoms in total. The van der Waals surface area contributed by atoms with E-state index in [1.807, 2.05) is 12.1 Å². The molecule has 1 aliphatic heterocycles. The topological polar surface area (TPSA) is 94.4 Å². The summed E-state index contributed by atoms with van der Waals surface area (Å²) in [5.41, 5.74) is 2.62. The molecule has 2 aromatic heterocycles. The molecular formula is C22H30IN7O. The second-order valence-electron chi connectivity index (χ2n) is 7.49. The Morgan fingerprint density at radius 2 is 1.90 bits per heavy atom. The average Bonchev–Trinajstić information content (AvgIpc) is 3.54. The molecule has 1 saturated heterocycles. The summed E-state index contributed by atoms with van der Waals surface area (Å²) in [5, 5.41) is 13.8. The standard InChI is InChI=1S/C22H29N7O.HI/c1-23-22(24-11-10-20-26-21(28-27-20)19-5-4-14-30-19)25-15-17-6-8-18(9-7-17)16-29-12-2-3-13-29;/h4-9,14H,2-3,10-13,15-16H2,1H3,(H2,23,24,25)(H,26,27,28);1H. The number of halogens is 1. The van der Waals surface area contributed by atoms with Gasteiger partial charge in [-0.15, -0.1) is 24.0 Å². The zero-order valence-corrected chi connectivity index (χ0v) is 20.1. The Labute approximate surface area is 199 Å². The van der Waals surface area contributed by atoms with Gasteiger partial charge in [-0.05, 0) is 49.2 Å². The minimum absolute atomic E-state index is 0. The van der Waals surface area contributed by atoms with E-state index in [-0.39, 0.29) is 24.0 Å². The molecule has 3 N–H and O–H groups in total. The highest BCUT2D eigenvalue weighted by atomic mass is 127. The first-order valence-corrected chi connectivity index (χ1v) is 10.5. The van der Waals surface area contributed by atoms with Gasteiger partial charge in [0, 0.05) is 33.1 Å². The molecule has 0 unspecified atom stereocenters. The SMILES string of the molecule is CN=C(NCCc1nc(-c2ccco2)n[nH]1)NCc1ccc(CN2CCCC2)cc1.I. The molecule has 1 aliphatic rings. The van der Waals surface area contributed by atoms with Gasteiger partial charge >= 0.3 is 0 Å². The fraction of sp³-hybridized carbons (Fsp3) is 0.409. The summed E-state index contributed by atoms with van der Waals surface area (Å²) in [7, 11) is 1.78. The van der Waals surface area contributed by atoms with Gasteiger partial charge in [0.05, 0.1) is 6.26 Å². The monoisotopic (exact) mass is 535 g/mol. The molecule has 4 rings (SSSR count). The van der Waals surface area contributed by atoms with E-state index in [4.69, 9.17) is 4.42 Å². The fourth-order valence-electron chi connectivity index (χ4n) is 3.59. The molecular weight excluding hydrogens is 505 g/mol. The Morgan fingerprint density at radius 1 is 1.13 bits per heavy atom. The number of H-pyrrole nitrogens is 1. The van der Waals surface area contributed by atoms with Gasteiger partial charge < -0.3 is 15.1 Å². The molecule has 0 spiro atoms. The molecule has 9 heteroatoms. The van der Waals surface area contributed by atoms with Gasteiger partial charge in [-0.3, -0.25) is 15.0 Å². The van der Waals surface area contributed by atoms with Gasteiger partial charge in [0.25, 0.3) is 0 Å². The highest BCUT2D eigenvalue weighted by Gasteiger charge is 2.11. The van der Waals surface area contributed by atoms with Crippen molar-refractivity contribution in [2.75, 3.05) is 26.7 Å². The van der Waals surface area contributed by atoms with Gasteiger partial charge in [-0.1, -0.05) is 24.3 Å². The van der Waals surface area contributed by atoms with Crippen molar-refractivity contribution in [2.24, 2.45) is 4.99 Å². The molecule has 0 bridgehead atoms. The Morgan fingerprint density at radius 3 is 2.61 bits per heavy atom. The van der Waals surface area contributed by atoms with Crippen LogP contribution in [0.5, 0.6) is 0 Å². The number of benzene rings is 1. The van der Waals surface area contributed by atoms with Crippen molar-refractivity contribution in [1.82, 2.24) is 30.7 Å². The normalized spacial score (nSPS) is 14.4. The number of nitrogens with zero attached hydrogens (tertiary/aromatic N) is 4. The predicted molar refractivity (Wildman–Crippen MR) is 132 cm³/mol. The summed E-state index contributed by atoms with van der Waals surface area (Å²) in [5.74, 6) is 2.81. The average molecular weight is 535 g/mol. The van der Waals surface area contributed by atoms with Crippen LogP contribution in [0.25, 0.3) is 11.6 Å². The first-order valence-electron chi connectivity index (χ1n) is 10.5. The molecule has 166 valence electrons. The van der Waals surface area contributed by atoms with Crippen LogP contribution in [0.2, 0.25) is 0 Å². The van der Waals surface area contributed by atoms with Crippen molar-refractivity contribution in [3.63, 3.8) is 0 Å². The van der Waals surface area contributed by atoms with Crippen LogP contribution >= 0.6 is 24.0 Å². The third kappa shape index (κ3) is 6.79. The van der Waals surface area contributed by atoms with Crippen LogP contribution in [-0.4, -0.2) is 52.7 Å². The third-order valence-corrected chi connectivity index (χ3v) is 5.24. The number of furan rings is 1. The van der Waals surface area contributed by atoms with Crippen molar-refractivity contribution in [2.45, 2.75) is 32.4 Å². The zero-order valence-electron chi connectivity index (χ0n) is 17.8. The van der Waals surface area contributed by atoms with Crippen molar-refractivity contribution in [3.05, 3.63) is 59.6 Å². The Kier molecular flexibility index (Phi) is 8.89. The van der Waals surface area contributed by atoms with Crippen LogP contribution in [0.3, 0.4) is 0 Å². The smallest absolute Gasteiger partial charge is 0.216 e. The predicted octanol–water partition coefficient (Wildman–Crippen LogP) is 3.19. The van der Waals surface area contributed by atoms with Crippen LogP contribution in [0.15, 0.2) is 52.1 Å². The number of guanidine groups is 1. The van der Waals surface area contributed by atoms with Crippen LogP contribution in [0.4, 0.5) is 0 Å². The number of hydrogen-bond acceptors (Lipinski definition) is 5. The maximum absolute atomic E-state index is 5.32.